The highest BCUT2D eigenvalue weighted by atomic mass is 32.1. The molecular weight excluding hydrogens is 476 g/mol. The molecule has 0 spiro atoms. The van der Waals surface area contributed by atoms with Gasteiger partial charge in [0.15, 0.2) is 5.11 Å². The molecule has 5 rings (SSSR count). The van der Waals surface area contributed by atoms with Crippen LogP contribution in [0.5, 0.6) is 5.75 Å². The van der Waals surface area contributed by atoms with E-state index >= 15 is 0 Å². The summed E-state index contributed by atoms with van der Waals surface area (Å²) in [6, 6.07) is 19.7. The van der Waals surface area contributed by atoms with E-state index in [-0.39, 0.29) is 17.8 Å². The van der Waals surface area contributed by atoms with E-state index < -0.39 is 4.92 Å². The summed E-state index contributed by atoms with van der Waals surface area (Å²) in [6.07, 6.45) is 1.76. The number of nitro benzene ring substituents is 1. The van der Waals surface area contributed by atoms with Gasteiger partial charge in [-0.1, -0.05) is 12.1 Å². The van der Waals surface area contributed by atoms with Crippen LogP contribution in [0, 0.1) is 24.0 Å². The number of benzene rings is 2. The molecule has 0 aliphatic carbocycles. The lowest BCUT2D eigenvalue weighted by atomic mass is 10.0. The monoisotopic (exact) mass is 500 g/mol. The summed E-state index contributed by atoms with van der Waals surface area (Å²) in [5, 5.41) is 15.2. The fraction of sp³-hybridized carbons (Fsp3) is 0.185. The quantitative estimate of drug-likeness (QED) is 0.194. The van der Waals surface area contributed by atoms with Gasteiger partial charge in [0.05, 0.1) is 35.4 Å². The van der Waals surface area contributed by atoms with Crippen LogP contribution in [0.2, 0.25) is 0 Å². The smallest absolute Gasteiger partial charge is 0.273 e. The minimum atomic E-state index is -0.454. The van der Waals surface area contributed by atoms with Gasteiger partial charge in [0.25, 0.3) is 5.69 Å². The number of non-ortho nitro benzene ring substituents is 1. The highest BCUT2D eigenvalue weighted by molar-refractivity contribution is 7.80. The molecule has 1 aliphatic heterocycles. The van der Waals surface area contributed by atoms with Crippen LogP contribution in [-0.2, 0) is 0 Å². The molecule has 3 heterocycles. The van der Waals surface area contributed by atoms with E-state index in [1.54, 1.807) is 12.3 Å². The van der Waals surface area contributed by atoms with Crippen LogP contribution in [0.3, 0.4) is 0 Å². The largest absolute Gasteiger partial charge is 0.496 e. The molecule has 1 aliphatic rings. The molecule has 2 aromatic carbocycles. The molecule has 2 atom stereocenters. The highest BCUT2D eigenvalue weighted by Crippen LogP contribution is 2.44. The third-order valence-corrected chi connectivity index (χ3v) is 6.48. The highest BCUT2D eigenvalue weighted by Gasteiger charge is 2.42. The summed E-state index contributed by atoms with van der Waals surface area (Å²) < 4.78 is 11.8. The zero-order valence-electron chi connectivity index (χ0n) is 20.0. The van der Waals surface area contributed by atoms with Gasteiger partial charge in [-0.15, -0.1) is 0 Å². The van der Waals surface area contributed by atoms with Gasteiger partial charge >= 0.3 is 0 Å². The van der Waals surface area contributed by atoms with E-state index in [1.165, 1.54) is 19.2 Å². The Morgan fingerprint density at radius 3 is 2.53 bits per heavy atom. The van der Waals surface area contributed by atoms with E-state index in [0.29, 0.717) is 27.9 Å². The molecule has 182 valence electrons. The fourth-order valence-electron chi connectivity index (χ4n) is 4.67. The van der Waals surface area contributed by atoms with Crippen LogP contribution in [0.4, 0.5) is 11.4 Å². The topological polar surface area (TPSA) is 93.7 Å². The van der Waals surface area contributed by atoms with Crippen molar-refractivity contribution in [2.24, 2.45) is 0 Å². The third-order valence-electron chi connectivity index (χ3n) is 6.16. The number of pyridine rings is 1. The van der Waals surface area contributed by atoms with Crippen molar-refractivity contribution < 1.29 is 14.1 Å². The molecule has 0 saturated carbocycles. The maximum Gasteiger partial charge on any atom is 0.273 e. The molecule has 0 bridgehead atoms. The number of aromatic nitrogens is 1. The summed E-state index contributed by atoms with van der Waals surface area (Å²) >= 11 is 5.80. The number of ether oxygens (including phenoxy) is 1. The number of nitrogens with one attached hydrogen (secondary N) is 1. The molecule has 9 heteroatoms. The first-order chi connectivity index (χ1) is 17.4. The van der Waals surface area contributed by atoms with Crippen LogP contribution in [0.15, 0.2) is 77.3 Å². The average molecular weight is 501 g/mol. The SMILES string of the molecule is COc1cc([N+](=O)[O-])ccc1-c1ccc(C2C(c3ccccn3)NC(=S)N2c2cc(C)cc(C)c2)o1. The van der Waals surface area contributed by atoms with Crippen molar-refractivity contribution in [1.82, 2.24) is 10.3 Å². The number of hydrogen-bond donors (Lipinski definition) is 1. The summed E-state index contributed by atoms with van der Waals surface area (Å²) in [6.45, 7) is 4.11. The van der Waals surface area contributed by atoms with Crippen LogP contribution in [0.25, 0.3) is 11.3 Å². The second-order valence-corrected chi connectivity index (χ2v) is 9.07. The molecule has 36 heavy (non-hydrogen) atoms. The number of anilines is 1. The molecule has 1 N–H and O–H groups in total. The minimum Gasteiger partial charge on any atom is -0.496 e. The summed E-state index contributed by atoms with van der Waals surface area (Å²) in [5.41, 5.74) is 4.62. The number of furan rings is 1. The van der Waals surface area contributed by atoms with Gasteiger partial charge < -0.3 is 19.4 Å². The van der Waals surface area contributed by atoms with Crippen LogP contribution in [0.1, 0.15) is 34.7 Å². The van der Waals surface area contributed by atoms with E-state index in [0.717, 1.165) is 22.5 Å². The first kappa shape index (κ1) is 23.5. The molecular formula is C27H24N4O4S. The number of thiocarbonyl (C=S) groups is 1. The van der Waals surface area contributed by atoms with Gasteiger partial charge in [-0.2, -0.15) is 0 Å². The van der Waals surface area contributed by atoms with Gasteiger partial charge in [0.2, 0.25) is 0 Å². The molecule has 2 unspecified atom stereocenters. The number of rotatable bonds is 6. The van der Waals surface area contributed by atoms with Crippen LogP contribution < -0.4 is 15.0 Å². The van der Waals surface area contributed by atoms with Gasteiger partial charge in [0.1, 0.15) is 23.3 Å². The standard InChI is InChI=1S/C27H24N4O4S/c1-16-12-17(2)14-19(13-16)30-26(25(29-27(30)36)21-6-4-5-11-28-21)23-10-9-22(35-23)20-8-7-18(31(32)33)15-24(20)34-3/h4-15,25-26H,1-3H3,(H,29,36). The Kier molecular flexibility index (Phi) is 6.15. The average Bonchev–Trinajstić information content (AvgIpc) is 3.48. The van der Waals surface area contributed by atoms with Crippen LogP contribution in [-0.4, -0.2) is 22.1 Å². The first-order valence-electron chi connectivity index (χ1n) is 11.4. The molecule has 2 aromatic heterocycles. The Labute approximate surface area is 213 Å². The Morgan fingerprint density at radius 2 is 1.86 bits per heavy atom. The van der Waals surface area contributed by atoms with E-state index in [4.69, 9.17) is 21.4 Å². The Hall–Kier alpha value is -4.24. The Balaban J connectivity index is 1.61. The zero-order valence-corrected chi connectivity index (χ0v) is 20.8. The van der Waals surface area contributed by atoms with E-state index in [2.05, 4.69) is 47.2 Å². The number of methoxy groups -OCH3 is 1. The Bertz CT molecular complexity index is 1430. The van der Waals surface area contributed by atoms with Crippen molar-refractivity contribution in [2.75, 3.05) is 12.0 Å². The van der Waals surface area contributed by atoms with Gasteiger partial charge in [0, 0.05) is 18.0 Å². The lowest BCUT2D eigenvalue weighted by Crippen LogP contribution is -2.29. The molecule has 0 amide bonds. The zero-order chi connectivity index (χ0) is 25.4. The number of aryl methyl sites for hydroxylation is 2. The summed E-state index contributed by atoms with van der Waals surface area (Å²) in [4.78, 5) is 17.4. The predicted molar refractivity (Wildman–Crippen MR) is 141 cm³/mol. The van der Waals surface area contributed by atoms with Crippen molar-refractivity contribution in [3.63, 3.8) is 0 Å². The van der Waals surface area contributed by atoms with E-state index in [1.807, 2.05) is 30.3 Å². The number of nitro groups is 1. The maximum atomic E-state index is 11.2. The van der Waals surface area contributed by atoms with Crippen molar-refractivity contribution in [2.45, 2.75) is 25.9 Å². The molecule has 0 radical (unpaired) electrons. The van der Waals surface area contributed by atoms with E-state index in [9.17, 15) is 10.1 Å². The fourth-order valence-corrected chi connectivity index (χ4v) is 5.01. The van der Waals surface area contributed by atoms with Crippen molar-refractivity contribution in [3.05, 3.63) is 106 Å². The molecule has 8 nitrogen and oxygen atoms in total. The first-order valence-corrected chi connectivity index (χ1v) is 11.8. The lowest BCUT2D eigenvalue weighted by Gasteiger charge is -2.26. The van der Waals surface area contributed by atoms with Gasteiger partial charge in [-0.25, -0.2) is 0 Å². The normalized spacial score (nSPS) is 17.2. The predicted octanol–water partition coefficient (Wildman–Crippen LogP) is 6.05. The number of nitrogens with zero attached hydrogens (tertiary/aromatic N) is 3. The van der Waals surface area contributed by atoms with Crippen molar-refractivity contribution in [1.29, 1.82) is 0 Å². The second kappa shape index (κ2) is 9.43. The number of hydrogen-bond acceptors (Lipinski definition) is 6. The lowest BCUT2D eigenvalue weighted by molar-refractivity contribution is -0.384. The van der Waals surface area contributed by atoms with Crippen LogP contribution >= 0.6 is 12.2 Å². The molecule has 4 aromatic rings. The van der Waals surface area contributed by atoms with Gasteiger partial charge in [-0.05, 0) is 79.7 Å². The van der Waals surface area contributed by atoms with Crippen molar-refractivity contribution >= 4 is 28.7 Å². The van der Waals surface area contributed by atoms with Crippen molar-refractivity contribution in [3.8, 4) is 17.1 Å². The Morgan fingerprint density at radius 1 is 1.08 bits per heavy atom. The summed E-state index contributed by atoms with van der Waals surface area (Å²) in [5.74, 6) is 1.57. The maximum absolute atomic E-state index is 11.2. The second-order valence-electron chi connectivity index (χ2n) is 8.69. The molecule has 1 fully saturated rings. The summed E-state index contributed by atoms with van der Waals surface area (Å²) in [7, 11) is 1.48. The minimum absolute atomic E-state index is 0.0519. The third kappa shape index (κ3) is 4.29. The van der Waals surface area contributed by atoms with Gasteiger partial charge in [-0.3, -0.25) is 15.1 Å². The molecule has 1 saturated heterocycles.